The van der Waals surface area contributed by atoms with Crippen LogP contribution in [-0.2, 0) is 0 Å². The number of benzene rings is 3. The Balaban J connectivity index is 1.41. The van der Waals surface area contributed by atoms with Gasteiger partial charge in [-0.15, -0.1) is 0 Å². The zero-order valence-corrected chi connectivity index (χ0v) is 16.6. The first-order chi connectivity index (χ1) is 15.1. The largest absolute Gasteiger partial charge is 0.454 e. The number of amides is 1. The number of carbonyl (C=O) groups is 1. The molecule has 1 saturated heterocycles. The van der Waals surface area contributed by atoms with Crippen LogP contribution in [0.25, 0.3) is 0 Å². The smallest absolute Gasteiger partial charge is 0.259 e. The predicted octanol–water partition coefficient (Wildman–Crippen LogP) is 4.61. The molecule has 2 aliphatic heterocycles. The van der Waals surface area contributed by atoms with E-state index in [0.29, 0.717) is 37.7 Å². The summed E-state index contributed by atoms with van der Waals surface area (Å²) in [6.07, 6.45) is 0. The summed E-state index contributed by atoms with van der Waals surface area (Å²) in [7, 11) is 0. The quantitative estimate of drug-likeness (QED) is 0.579. The standard InChI is InChI=1S/C24H19F2N3O2/c25-17-7-5-8-18(26)22(17)24(30)29-14-12-28(13-15-29)23-16-6-1-3-10-20(16)31-21-11-4-2-9-19(21)27-23/h1-11H,12-15H2. The van der Waals surface area contributed by atoms with Gasteiger partial charge in [-0.05, 0) is 36.4 Å². The van der Waals surface area contributed by atoms with Crippen LogP contribution in [0.2, 0.25) is 0 Å². The van der Waals surface area contributed by atoms with Crippen LogP contribution < -0.4 is 4.74 Å². The van der Waals surface area contributed by atoms with Gasteiger partial charge in [-0.2, -0.15) is 0 Å². The summed E-state index contributed by atoms with van der Waals surface area (Å²) in [6, 6.07) is 18.7. The molecule has 5 nitrogen and oxygen atoms in total. The lowest BCUT2D eigenvalue weighted by Crippen LogP contribution is -2.51. The number of nitrogens with zero attached hydrogens (tertiary/aromatic N) is 3. The average molecular weight is 419 g/mol. The molecule has 156 valence electrons. The van der Waals surface area contributed by atoms with E-state index in [4.69, 9.17) is 9.73 Å². The molecule has 0 bridgehead atoms. The Hall–Kier alpha value is -3.74. The molecule has 1 fully saturated rings. The van der Waals surface area contributed by atoms with Crippen LogP contribution in [0, 0.1) is 11.6 Å². The Morgan fingerprint density at radius 1 is 0.806 bits per heavy atom. The van der Waals surface area contributed by atoms with Gasteiger partial charge in [-0.25, -0.2) is 13.8 Å². The number of amidine groups is 1. The molecule has 3 aromatic rings. The van der Waals surface area contributed by atoms with Crippen molar-refractivity contribution < 1.29 is 18.3 Å². The number of para-hydroxylation sites is 3. The molecule has 1 amide bonds. The van der Waals surface area contributed by atoms with Crippen molar-refractivity contribution in [1.82, 2.24) is 9.80 Å². The molecule has 0 unspecified atom stereocenters. The lowest BCUT2D eigenvalue weighted by Gasteiger charge is -2.36. The van der Waals surface area contributed by atoms with E-state index in [9.17, 15) is 13.6 Å². The SMILES string of the molecule is O=C(c1c(F)cccc1F)N1CCN(C2=Nc3ccccc3Oc3ccccc32)CC1. The van der Waals surface area contributed by atoms with Gasteiger partial charge in [-0.3, -0.25) is 4.79 Å². The summed E-state index contributed by atoms with van der Waals surface area (Å²) in [5.41, 5.74) is 1.08. The Bertz CT molecular complexity index is 1170. The minimum atomic E-state index is -0.844. The van der Waals surface area contributed by atoms with Crippen molar-refractivity contribution in [1.29, 1.82) is 0 Å². The van der Waals surface area contributed by atoms with Gasteiger partial charge in [0.15, 0.2) is 5.75 Å². The molecule has 2 aliphatic rings. The van der Waals surface area contributed by atoms with E-state index >= 15 is 0 Å². The maximum Gasteiger partial charge on any atom is 0.259 e. The zero-order valence-electron chi connectivity index (χ0n) is 16.6. The number of ether oxygens (including phenoxy) is 1. The monoisotopic (exact) mass is 419 g/mol. The second-order valence-electron chi connectivity index (χ2n) is 7.38. The first-order valence-corrected chi connectivity index (χ1v) is 10.0. The fourth-order valence-corrected chi connectivity index (χ4v) is 3.89. The molecule has 31 heavy (non-hydrogen) atoms. The molecule has 0 saturated carbocycles. The minimum absolute atomic E-state index is 0.330. The van der Waals surface area contributed by atoms with Gasteiger partial charge < -0.3 is 14.5 Å². The second kappa shape index (κ2) is 7.83. The first-order valence-electron chi connectivity index (χ1n) is 10.0. The number of hydrogen-bond acceptors (Lipinski definition) is 4. The van der Waals surface area contributed by atoms with Crippen LogP contribution >= 0.6 is 0 Å². The van der Waals surface area contributed by atoms with Crippen molar-refractivity contribution in [2.75, 3.05) is 26.2 Å². The zero-order chi connectivity index (χ0) is 21.4. The topological polar surface area (TPSA) is 45.1 Å². The Morgan fingerprint density at radius 2 is 1.45 bits per heavy atom. The minimum Gasteiger partial charge on any atom is -0.454 e. The van der Waals surface area contributed by atoms with Crippen molar-refractivity contribution in [3.8, 4) is 11.5 Å². The molecular formula is C24H19F2N3O2. The van der Waals surface area contributed by atoms with Gasteiger partial charge in [0.1, 0.15) is 34.5 Å². The van der Waals surface area contributed by atoms with Gasteiger partial charge in [-0.1, -0.05) is 30.3 Å². The predicted molar refractivity (Wildman–Crippen MR) is 113 cm³/mol. The molecule has 0 spiro atoms. The van der Waals surface area contributed by atoms with Crippen LogP contribution in [0.5, 0.6) is 11.5 Å². The van der Waals surface area contributed by atoms with E-state index in [-0.39, 0.29) is 0 Å². The summed E-state index contributed by atoms with van der Waals surface area (Å²) >= 11 is 0. The number of rotatable bonds is 1. The molecular weight excluding hydrogens is 400 g/mol. The molecule has 0 N–H and O–H groups in total. The Morgan fingerprint density at radius 3 is 2.19 bits per heavy atom. The van der Waals surface area contributed by atoms with Crippen LogP contribution in [-0.4, -0.2) is 47.7 Å². The maximum atomic E-state index is 14.0. The molecule has 0 aliphatic carbocycles. The van der Waals surface area contributed by atoms with Gasteiger partial charge in [0, 0.05) is 26.2 Å². The fraction of sp³-hybridized carbons (Fsp3) is 0.167. The van der Waals surface area contributed by atoms with E-state index in [1.807, 2.05) is 48.5 Å². The van der Waals surface area contributed by atoms with Crippen LogP contribution in [0.1, 0.15) is 15.9 Å². The molecule has 0 atom stereocenters. The summed E-state index contributed by atoms with van der Waals surface area (Å²) in [5, 5.41) is 0. The van der Waals surface area contributed by atoms with E-state index in [0.717, 1.165) is 29.2 Å². The van der Waals surface area contributed by atoms with E-state index < -0.39 is 23.1 Å². The molecule has 3 aromatic carbocycles. The number of hydrogen-bond donors (Lipinski definition) is 0. The van der Waals surface area contributed by atoms with E-state index in [2.05, 4.69) is 4.90 Å². The third-order valence-electron chi connectivity index (χ3n) is 5.48. The Labute approximate surface area is 178 Å². The van der Waals surface area contributed by atoms with E-state index in [1.165, 1.54) is 11.0 Å². The summed E-state index contributed by atoms with van der Waals surface area (Å²) < 4.78 is 34.2. The highest BCUT2D eigenvalue weighted by molar-refractivity contribution is 6.04. The lowest BCUT2D eigenvalue weighted by atomic mass is 10.1. The number of aliphatic imine (C=N–C) groups is 1. The van der Waals surface area contributed by atoms with Gasteiger partial charge >= 0.3 is 0 Å². The van der Waals surface area contributed by atoms with Gasteiger partial charge in [0.05, 0.1) is 5.56 Å². The highest BCUT2D eigenvalue weighted by atomic mass is 19.1. The van der Waals surface area contributed by atoms with Gasteiger partial charge in [0.2, 0.25) is 0 Å². The van der Waals surface area contributed by atoms with Crippen molar-refractivity contribution in [3.05, 3.63) is 89.5 Å². The van der Waals surface area contributed by atoms with E-state index in [1.54, 1.807) is 0 Å². The third-order valence-corrected chi connectivity index (χ3v) is 5.48. The van der Waals surface area contributed by atoms with Crippen LogP contribution in [0.3, 0.4) is 0 Å². The van der Waals surface area contributed by atoms with Gasteiger partial charge in [0.25, 0.3) is 5.91 Å². The number of carbonyl (C=O) groups excluding carboxylic acids is 1. The van der Waals surface area contributed by atoms with Crippen LogP contribution in [0.15, 0.2) is 71.7 Å². The van der Waals surface area contributed by atoms with Crippen molar-refractivity contribution in [2.24, 2.45) is 4.99 Å². The average Bonchev–Trinajstić information content (AvgIpc) is 2.96. The summed E-state index contributed by atoms with van der Waals surface area (Å²) in [4.78, 5) is 21.1. The molecule has 0 aromatic heterocycles. The fourth-order valence-electron chi connectivity index (χ4n) is 3.89. The van der Waals surface area contributed by atoms with Crippen molar-refractivity contribution >= 4 is 17.4 Å². The lowest BCUT2D eigenvalue weighted by molar-refractivity contribution is 0.0682. The Kier molecular flexibility index (Phi) is 4.86. The highest BCUT2D eigenvalue weighted by Crippen LogP contribution is 2.37. The highest BCUT2D eigenvalue weighted by Gasteiger charge is 2.29. The first kappa shape index (κ1) is 19.2. The number of halogens is 2. The van der Waals surface area contributed by atoms with Crippen LogP contribution in [0.4, 0.5) is 14.5 Å². The summed E-state index contributed by atoms with van der Waals surface area (Å²) in [5.74, 6) is -0.185. The normalized spacial score (nSPS) is 15.4. The summed E-state index contributed by atoms with van der Waals surface area (Å²) in [6.45, 7) is 1.63. The molecule has 7 heteroatoms. The molecule has 2 heterocycles. The maximum absolute atomic E-state index is 14.0. The number of fused-ring (bicyclic) bond motifs is 2. The number of piperazine rings is 1. The van der Waals surface area contributed by atoms with Crippen molar-refractivity contribution in [3.63, 3.8) is 0 Å². The second-order valence-corrected chi connectivity index (χ2v) is 7.38. The molecule has 5 rings (SSSR count). The third kappa shape index (κ3) is 3.52. The van der Waals surface area contributed by atoms with Crippen molar-refractivity contribution in [2.45, 2.75) is 0 Å². The molecule has 0 radical (unpaired) electrons.